The molecule has 0 saturated carbocycles. The molecular weight excluding hydrogens is 531 g/mol. The van der Waals surface area contributed by atoms with Gasteiger partial charge in [0.05, 0.1) is 23.1 Å². The van der Waals surface area contributed by atoms with Crippen molar-refractivity contribution in [3.8, 4) is 11.4 Å². The molecule has 0 radical (unpaired) electrons. The van der Waals surface area contributed by atoms with Crippen LogP contribution in [0.25, 0.3) is 80.0 Å². The molecule has 0 aliphatic carbocycles. The van der Waals surface area contributed by atoms with Crippen LogP contribution in [0, 0.1) is 13.5 Å². The first-order valence-electron chi connectivity index (χ1n) is 14.1. The second-order valence-corrected chi connectivity index (χ2v) is 12.1. The minimum absolute atomic E-state index is 0.687. The van der Waals surface area contributed by atoms with Crippen molar-refractivity contribution < 1.29 is 0 Å². The van der Waals surface area contributed by atoms with E-state index in [0.29, 0.717) is 5.69 Å². The van der Waals surface area contributed by atoms with Gasteiger partial charge < -0.3 is 9.13 Å². The highest BCUT2D eigenvalue weighted by atomic mass is 32.1. The third kappa shape index (κ3) is 3.14. The quantitative estimate of drug-likeness (QED) is 0.189. The molecule has 0 atom stereocenters. The van der Waals surface area contributed by atoms with E-state index in [9.17, 15) is 0 Å². The predicted molar refractivity (Wildman–Crippen MR) is 179 cm³/mol. The Morgan fingerprint density at radius 2 is 1.12 bits per heavy atom. The van der Waals surface area contributed by atoms with Gasteiger partial charge >= 0.3 is 0 Å². The number of thiophene rings is 1. The average Bonchev–Trinajstić information content (AvgIpc) is 3.68. The van der Waals surface area contributed by atoms with Crippen LogP contribution in [0.1, 0.15) is 5.56 Å². The van der Waals surface area contributed by atoms with Crippen LogP contribution < -0.4 is 0 Å². The lowest BCUT2D eigenvalue weighted by molar-refractivity contribution is 1.17. The van der Waals surface area contributed by atoms with E-state index in [2.05, 4.69) is 130 Å². The minimum atomic E-state index is 0.687. The number of fused-ring (bicyclic) bond motifs is 9. The summed E-state index contributed by atoms with van der Waals surface area (Å²) < 4.78 is 7.34. The van der Waals surface area contributed by atoms with Gasteiger partial charge in [0.1, 0.15) is 0 Å². The Balaban J connectivity index is 1.34. The van der Waals surface area contributed by atoms with E-state index in [-0.39, 0.29) is 0 Å². The lowest BCUT2D eigenvalue weighted by Gasteiger charge is -2.11. The Bertz CT molecular complexity index is 2600. The van der Waals surface area contributed by atoms with Gasteiger partial charge in [-0.15, -0.1) is 11.3 Å². The lowest BCUT2D eigenvalue weighted by Crippen LogP contribution is -1.95. The van der Waals surface area contributed by atoms with Gasteiger partial charge in [-0.25, -0.2) is 4.85 Å². The van der Waals surface area contributed by atoms with Crippen molar-refractivity contribution >= 4 is 80.8 Å². The van der Waals surface area contributed by atoms with Crippen molar-refractivity contribution in [2.24, 2.45) is 0 Å². The molecule has 0 saturated heterocycles. The Morgan fingerprint density at radius 3 is 1.93 bits per heavy atom. The highest BCUT2D eigenvalue weighted by Gasteiger charge is 2.18. The zero-order valence-corrected chi connectivity index (χ0v) is 23.6. The van der Waals surface area contributed by atoms with Crippen molar-refractivity contribution in [3.05, 3.63) is 138 Å². The Kier molecular flexibility index (Phi) is 4.76. The maximum absolute atomic E-state index is 7.81. The van der Waals surface area contributed by atoms with Crippen LogP contribution in [0.3, 0.4) is 0 Å². The summed E-state index contributed by atoms with van der Waals surface area (Å²) in [5, 5.41) is 7.18. The number of aryl methyl sites for hydroxylation is 1. The second kappa shape index (κ2) is 8.57. The summed E-state index contributed by atoms with van der Waals surface area (Å²) in [5.74, 6) is 0. The number of hydrogen-bond donors (Lipinski definition) is 0. The van der Waals surface area contributed by atoms with E-state index in [4.69, 9.17) is 6.57 Å². The summed E-state index contributed by atoms with van der Waals surface area (Å²) in [6.07, 6.45) is 0. The molecule has 0 N–H and O–H groups in total. The van der Waals surface area contributed by atoms with E-state index < -0.39 is 0 Å². The fourth-order valence-electron chi connectivity index (χ4n) is 6.77. The van der Waals surface area contributed by atoms with Crippen molar-refractivity contribution in [2.75, 3.05) is 0 Å². The van der Waals surface area contributed by atoms with Crippen molar-refractivity contribution in [2.45, 2.75) is 6.92 Å². The second-order valence-electron chi connectivity index (χ2n) is 11.0. The van der Waals surface area contributed by atoms with Crippen LogP contribution in [-0.2, 0) is 0 Å². The molecule has 0 fully saturated rings. The van der Waals surface area contributed by atoms with Crippen LogP contribution in [0.4, 0.5) is 5.69 Å². The minimum Gasteiger partial charge on any atom is -0.311 e. The normalized spacial score (nSPS) is 11.9. The molecular formula is C38H23N3S. The van der Waals surface area contributed by atoms with Gasteiger partial charge in [0.15, 0.2) is 5.69 Å². The Hall–Kier alpha value is -5.37. The summed E-state index contributed by atoms with van der Waals surface area (Å²) >= 11 is 1.86. The van der Waals surface area contributed by atoms with Gasteiger partial charge in [0.25, 0.3) is 0 Å². The molecule has 0 aliphatic heterocycles. The molecule has 196 valence electrons. The maximum Gasteiger partial charge on any atom is 0.197 e. The molecule has 0 spiro atoms. The van der Waals surface area contributed by atoms with Gasteiger partial charge in [-0.2, -0.15) is 0 Å². The molecule has 0 amide bonds. The van der Waals surface area contributed by atoms with Gasteiger partial charge in [-0.3, -0.25) is 0 Å². The third-order valence-corrected chi connectivity index (χ3v) is 9.73. The Labute approximate surface area is 245 Å². The number of para-hydroxylation sites is 2. The molecule has 0 aliphatic rings. The summed E-state index contributed by atoms with van der Waals surface area (Å²) in [6.45, 7) is 9.97. The fraction of sp³-hybridized carbons (Fsp3) is 0.0263. The van der Waals surface area contributed by atoms with Gasteiger partial charge in [0, 0.05) is 53.2 Å². The topological polar surface area (TPSA) is 14.2 Å². The number of nitrogens with zero attached hydrogens (tertiary/aromatic N) is 3. The molecule has 3 aromatic heterocycles. The van der Waals surface area contributed by atoms with Crippen LogP contribution in [0.5, 0.6) is 0 Å². The van der Waals surface area contributed by atoms with Crippen LogP contribution >= 0.6 is 11.3 Å². The third-order valence-electron chi connectivity index (χ3n) is 8.58. The first-order chi connectivity index (χ1) is 20.7. The van der Waals surface area contributed by atoms with E-state index >= 15 is 0 Å². The van der Waals surface area contributed by atoms with E-state index in [0.717, 1.165) is 27.5 Å². The molecule has 3 heterocycles. The number of rotatable bonds is 2. The van der Waals surface area contributed by atoms with Crippen molar-refractivity contribution in [3.63, 3.8) is 0 Å². The summed E-state index contributed by atoms with van der Waals surface area (Å²) in [6, 6.07) is 43.5. The van der Waals surface area contributed by atoms with Gasteiger partial charge in [-0.05, 0) is 79.0 Å². The zero-order chi connectivity index (χ0) is 27.9. The standard InChI is InChI=1S/C38H23N3S/c1-23-14-18-36-29(20-23)30-22-25(16-19-37(30)42-36)40-32-11-5-3-8-26(32)28-21-24(15-17-34(28)40)41-33-12-6-4-9-27(33)38-31(39-2)10-7-13-35(38)41/h3-22H,1H3. The van der Waals surface area contributed by atoms with Gasteiger partial charge in [0.2, 0.25) is 0 Å². The highest BCUT2D eigenvalue weighted by molar-refractivity contribution is 7.25. The van der Waals surface area contributed by atoms with E-state index in [1.807, 2.05) is 23.5 Å². The number of benzene rings is 6. The lowest BCUT2D eigenvalue weighted by atomic mass is 10.1. The molecule has 42 heavy (non-hydrogen) atoms. The molecule has 9 rings (SSSR count). The van der Waals surface area contributed by atoms with Crippen LogP contribution in [0.15, 0.2) is 121 Å². The molecule has 9 aromatic rings. The first-order valence-corrected chi connectivity index (χ1v) is 14.9. The van der Waals surface area contributed by atoms with Crippen LogP contribution in [-0.4, -0.2) is 9.13 Å². The summed E-state index contributed by atoms with van der Waals surface area (Å²) in [5.41, 5.74) is 8.76. The molecule has 0 unspecified atom stereocenters. The van der Waals surface area contributed by atoms with Gasteiger partial charge in [-0.1, -0.05) is 60.2 Å². The monoisotopic (exact) mass is 553 g/mol. The molecule has 3 nitrogen and oxygen atoms in total. The average molecular weight is 554 g/mol. The highest BCUT2D eigenvalue weighted by Crippen LogP contribution is 2.41. The molecule has 4 heteroatoms. The summed E-state index contributed by atoms with van der Waals surface area (Å²) in [4.78, 5) is 3.86. The largest absolute Gasteiger partial charge is 0.311 e. The van der Waals surface area contributed by atoms with E-state index in [1.54, 1.807) is 0 Å². The molecule has 0 bridgehead atoms. The smallest absolute Gasteiger partial charge is 0.197 e. The summed E-state index contributed by atoms with van der Waals surface area (Å²) in [7, 11) is 0. The van der Waals surface area contributed by atoms with E-state index in [1.165, 1.54) is 53.2 Å². The number of aromatic nitrogens is 2. The SMILES string of the molecule is [C-]#[N+]c1cccc2c1c1ccccc1n2-c1ccc2c(c1)c1ccccc1n2-c1ccc2sc3ccc(C)cc3c2c1. The van der Waals surface area contributed by atoms with Crippen molar-refractivity contribution in [1.82, 2.24) is 9.13 Å². The first kappa shape index (κ1) is 23.3. The van der Waals surface area contributed by atoms with Crippen LogP contribution in [0.2, 0.25) is 0 Å². The Morgan fingerprint density at radius 1 is 0.524 bits per heavy atom. The number of hydrogen-bond acceptors (Lipinski definition) is 1. The maximum atomic E-state index is 7.81. The molecule has 6 aromatic carbocycles. The van der Waals surface area contributed by atoms with Crippen molar-refractivity contribution in [1.29, 1.82) is 0 Å². The fourth-order valence-corrected chi connectivity index (χ4v) is 7.83. The predicted octanol–water partition coefficient (Wildman–Crippen LogP) is 11.1. The zero-order valence-electron chi connectivity index (χ0n) is 22.8.